The second kappa shape index (κ2) is 8.59. The van der Waals surface area contributed by atoms with Gasteiger partial charge in [0.2, 0.25) is 0 Å². The van der Waals surface area contributed by atoms with E-state index in [1.54, 1.807) is 0 Å². The first kappa shape index (κ1) is 18.8. The molecule has 3 rings (SSSR count). The van der Waals surface area contributed by atoms with Gasteiger partial charge in [0.25, 0.3) is 11.6 Å². The molecule has 0 heterocycles. The number of hydrogen-bond donors (Lipinski definition) is 2. The number of nitro benzene ring substituents is 1. The van der Waals surface area contributed by atoms with Crippen LogP contribution in [0.4, 0.5) is 17.1 Å². The number of rotatable bonds is 6. The van der Waals surface area contributed by atoms with Gasteiger partial charge in [0, 0.05) is 29.1 Å². The van der Waals surface area contributed by atoms with Crippen LogP contribution in [0.3, 0.4) is 0 Å². The van der Waals surface area contributed by atoms with Crippen molar-refractivity contribution < 1.29 is 9.72 Å². The lowest BCUT2D eigenvalue weighted by Crippen LogP contribution is -2.17. The van der Waals surface area contributed by atoms with Crippen molar-refractivity contribution in [3.05, 3.63) is 99.6 Å². The number of para-hydroxylation sites is 1. The number of carbonyl (C=O) groups excluding carboxylic acids is 1. The average molecular weight is 374 g/mol. The van der Waals surface area contributed by atoms with E-state index in [2.05, 4.69) is 15.8 Å². The molecule has 0 aliphatic carbocycles. The minimum Gasteiger partial charge on any atom is -0.355 e. The van der Waals surface area contributed by atoms with Crippen LogP contribution in [0.15, 0.2) is 77.9 Å². The number of hydrogen-bond acceptors (Lipinski definition) is 5. The van der Waals surface area contributed by atoms with Crippen molar-refractivity contribution in [1.29, 1.82) is 0 Å². The summed E-state index contributed by atoms with van der Waals surface area (Å²) in [5, 5.41) is 17.9. The van der Waals surface area contributed by atoms with Gasteiger partial charge in [-0.05, 0) is 48.4 Å². The summed E-state index contributed by atoms with van der Waals surface area (Å²) in [4.78, 5) is 22.1. The average Bonchev–Trinajstić information content (AvgIpc) is 2.71. The number of anilines is 2. The molecule has 1 amide bonds. The van der Waals surface area contributed by atoms with Crippen molar-refractivity contribution >= 4 is 29.2 Å². The number of aryl methyl sites for hydroxylation is 1. The molecule has 140 valence electrons. The van der Waals surface area contributed by atoms with E-state index < -0.39 is 10.8 Å². The fourth-order valence-corrected chi connectivity index (χ4v) is 2.49. The molecule has 0 bridgehead atoms. The topological polar surface area (TPSA) is 96.6 Å². The number of nitrogens with one attached hydrogen (secondary N) is 2. The molecule has 0 saturated heterocycles. The highest BCUT2D eigenvalue weighted by molar-refractivity contribution is 5.95. The van der Waals surface area contributed by atoms with Crippen LogP contribution in [-0.2, 0) is 0 Å². The molecule has 7 nitrogen and oxygen atoms in total. The lowest BCUT2D eigenvalue weighted by Gasteiger charge is -2.09. The second-order valence-corrected chi connectivity index (χ2v) is 6.07. The number of benzene rings is 3. The van der Waals surface area contributed by atoms with Gasteiger partial charge in [-0.15, -0.1) is 0 Å². The molecule has 0 fully saturated rings. The summed E-state index contributed by atoms with van der Waals surface area (Å²) in [5.41, 5.74) is 6.59. The van der Waals surface area contributed by atoms with Crippen molar-refractivity contribution in [2.24, 2.45) is 5.10 Å². The van der Waals surface area contributed by atoms with Crippen LogP contribution < -0.4 is 10.7 Å². The Balaban J connectivity index is 1.57. The predicted octanol–water partition coefficient (Wildman–Crippen LogP) is 4.41. The molecule has 0 unspecified atom stereocenters. The molecule has 0 saturated carbocycles. The number of hydrazone groups is 1. The highest BCUT2D eigenvalue weighted by Gasteiger charge is 2.08. The van der Waals surface area contributed by atoms with E-state index in [4.69, 9.17) is 0 Å². The first-order valence-electron chi connectivity index (χ1n) is 8.53. The number of nitro groups is 1. The van der Waals surface area contributed by atoms with Crippen molar-refractivity contribution in [3.8, 4) is 0 Å². The van der Waals surface area contributed by atoms with E-state index in [0.29, 0.717) is 5.56 Å². The standard InChI is InChI=1S/C21H18N4O3/c1-15-4-2-3-5-20(15)23-18-10-6-16(7-11-18)14-22-24-21(26)17-8-12-19(13-9-17)25(27)28/h2-14,23H,1H3,(H,24,26)/b22-14+. The van der Waals surface area contributed by atoms with Gasteiger partial charge in [0.05, 0.1) is 11.1 Å². The highest BCUT2D eigenvalue weighted by Crippen LogP contribution is 2.20. The Morgan fingerprint density at radius 2 is 1.68 bits per heavy atom. The molecule has 0 radical (unpaired) electrons. The third-order valence-electron chi connectivity index (χ3n) is 4.05. The van der Waals surface area contributed by atoms with Crippen molar-refractivity contribution in [3.63, 3.8) is 0 Å². The van der Waals surface area contributed by atoms with Gasteiger partial charge in [-0.2, -0.15) is 5.10 Å². The Labute approximate surface area is 161 Å². The summed E-state index contributed by atoms with van der Waals surface area (Å²) in [6.45, 7) is 2.04. The molecule has 7 heteroatoms. The molecule has 0 aromatic heterocycles. The lowest BCUT2D eigenvalue weighted by molar-refractivity contribution is -0.384. The molecule has 0 aliphatic rings. The number of nitrogens with zero attached hydrogens (tertiary/aromatic N) is 2. The fourth-order valence-electron chi connectivity index (χ4n) is 2.49. The molecule has 0 atom stereocenters. The molecular formula is C21H18N4O3. The van der Waals surface area contributed by atoms with Crippen LogP contribution in [-0.4, -0.2) is 17.0 Å². The van der Waals surface area contributed by atoms with Crippen LogP contribution in [0.2, 0.25) is 0 Å². The van der Waals surface area contributed by atoms with Crippen LogP contribution >= 0.6 is 0 Å². The van der Waals surface area contributed by atoms with Crippen molar-refractivity contribution in [2.45, 2.75) is 6.92 Å². The van der Waals surface area contributed by atoms with Gasteiger partial charge in [0.15, 0.2) is 0 Å². The van der Waals surface area contributed by atoms with E-state index in [0.717, 1.165) is 22.5 Å². The molecule has 3 aromatic rings. The molecule has 0 spiro atoms. The quantitative estimate of drug-likeness (QED) is 0.379. The summed E-state index contributed by atoms with van der Waals surface area (Å²) >= 11 is 0. The van der Waals surface area contributed by atoms with Crippen molar-refractivity contribution in [2.75, 3.05) is 5.32 Å². The number of non-ortho nitro benzene ring substituents is 1. The summed E-state index contributed by atoms with van der Waals surface area (Å²) in [6, 6.07) is 20.9. The monoisotopic (exact) mass is 374 g/mol. The van der Waals surface area contributed by atoms with Gasteiger partial charge >= 0.3 is 0 Å². The third kappa shape index (κ3) is 4.79. The van der Waals surface area contributed by atoms with Crippen molar-refractivity contribution in [1.82, 2.24) is 5.43 Å². The van der Waals surface area contributed by atoms with Gasteiger partial charge in [-0.25, -0.2) is 5.43 Å². The van der Waals surface area contributed by atoms with E-state index in [9.17, 15) is 14.9 Å². The third-order valence-corrected chi connectivity index (χ3v) is 4.05. The smallest absolute Gasteiger partial charge is 0.271 e. The maximum atomic E-state index is 12.0. The van der Waals surface area contributed by atoms with Gasteiger partial charge in [-0.3, -0.25) is 14.9 Å². The normalized spacial score (nSPS) is 10.6. The fraction of sp³-hybridized carbons (Fsp3) is 0.0476. The maximum absolute atomic E-state index is 12.0. The van der Waals surface area contributed by atoms with E-state index in [1.165, 1.54) is 30.5 Å². The SMILES string of the molecule is Cc1ccccc1Nc1ccc(/C=N/NC(=O)c2ccc([N+](=O)[O-])cc2)cc1. The van der Waals surface area contributed by atoms with Gasteiger partial charge < -0.3 is 5.32 Å². The lowest BCUT2D eigenvalue weighted by atomic mass is 10.2. The number of carbonyl (C=O) groups is 1. The van der Waals surface area contributed by atoms with Gasteiger partial charge in [0.1, 0.15) is 0 Å². The minimum atomic E-state index is -0.516. The number of amides is 1. The maximum Gasteiger partial charge on any atom is 0.271 e. The first-order chi connectivity index (χ1) is 13.5. The molecule has 2 N–H and O–H groups in total. The largest absolute Gasteiger partial charge is 0.355 e. The zero-order chi connectivity index (χ0) is 19.9. The zero-order valence-corrected chi connectivity index (χ0v) is 15.1. The molecule has 3 aromatic carbocycles. The van der Waals surface area contributed by atoms with Crippen LogP contribution in [0.5, 0.6) is 0 Å². The van der Waals surface area contributed by atoms with E-state index in [-0.39, 0.29) is 5.69 Å². The Kier molecular flexibility index (Phi) is 5.76. The molecule has 28 heavy (non-hydrogen) atoms. The van der Waals surface area contributed by atoms with Crippen LogP contribution in [0.25, 0.3) is 0 Å². The Hall–Kier alpha value is -4.00. The van der Waals surface area contributed by atoms with Crippen LogP contribution in [0, 0.1) is 17.0 Å². The summed E-state index contributed by atoms with van der Waals surface area (Å²) < 4.78 is 0. The van der Waals surface area contributed by atoms with E-state index in [1.807, 2.05) is 55.5 Å². The molecular weight excluding hydrogens is 356 g/mol. The molecule has 0 aliphatic heterocycles. The Morgan fingerprint density at radius 3 is 2.32 bits per heavy atom. The van der Waals surface area contributed by atoms with Gasteiger partial charge in [-0.1, -0.05) is 30.3 Å². The first-order valence-corrected chi connectivity index (χ1v) is 8.53. The summed E-state index contributed by atoms with van der Waals surface area (Å²) in [7, 11) is 0. The predicted molar refractivity (Wildman–Crippen MR) is 109 cm³/mol. The Bertz CT molecular complexity index is 1010. The minimum absolute atomic E-state index is 0.0700. The highest BCUT2D eigenvalue weighted by atomic mass is 16.6. The zero-order valence-electron chi connectivity index (χ0n) is 15.1. The second-order valence-electron chi connectivity index (χ2n) is 6.07. The van der Waals surface area contributed by atoms with Crippen LogP contribution in [0.1, 0.15) is 21.5 Å². The summed E-state index contributed by atoms with van der Waals surface area (Å²) in [5.74, 6) is -0.441. The van der Waals surface area contributed by atoms with E-state index >= 15 is 0 Å². The Morgan fingerprint density at radius 1 is 1.00 bits per heavy atom. The summed E-state index contributed by atoms with van der Waals surface area (Å²) in [6.07, 6.45) is 1.53.